The number of methoxy groups -OCH3 is 2. The van der Waals surface area contributed by atoms with Gasteiger partial charge in [-0.05, 0) is 44.0 Å². The highest BCUT2D eigenvalue weighted by atomic mass is 32.2. The lowest BCUT2D eigenvalue weighted by molar-refractivity contribution is 0.0951. The Hall–Kier alpha value is -2.00. The summed E-state index contributed by atoms with van der Waals surface area (Å²) >= 11 is 0. The lowest BCUT2D eigenvalue weighted by Crippen LogP contribution is -2.26. The third kappa shape index (κ3) is 5.50. The monoisotopic (exact) mass is 371 g/mol. The van der Waals surface area contributed by atoms with E-state index in [1.165, 1.54) is 26.4 Å². The van der Waals surface area contributed by atoms with Gasteiger partial charge >= 0.3 is 0 Å². The molecule has 1 aromatic carbocycles. The van der Waals surface area contributed by atoms with Gasteiger partial charge in [-0.25, -0.2) is 8.42 Å². The van der Waals surface area contributed by atoms with Gasteiger partial charge in [0.05, 0.1) is 26.2 Å². The second-order valence-electron chi connectivity index (χ2n) is 6.04. The number of anilines is 1. The molecule has 0 saturated carbocycles. The summed E-state index contributed by atoms with van der Waals surface area (Å²) in [7, 11) is -0.699. The van der Waals surface area contributed by atoms with Gasteiger partial charge in [0.2, 0.25) is 10.0 Å². The molecule has 1 aliphatic rings. The molecule has 1 unspecified atom stereocenters. The van der Waals surface area contributed by atoms with E-state index in [0.29, 0.717) is 18.0 Å². The maximum Gasteiger partial charge on any atom is 0.251 e. The van der Waals surface area contributed by atoms with Crippen LogP contribution in [0, 0.1) is 5.92 Å². The van der Waals surface area contributed by atoms with E-state index >= 15 is 0 Å². The van der Waals surface area contributed by atoms with Gasteiger partial charge in [0.1, 0.15) is 0 Å². The summed E-state index contributed by atoms with van der Waals surface area (Å²) in [6.45, 7) is 2.57. The molecule has 140 valence electrons. The van der Waals surface area contributed by atoms with Gasteiger partial charge in [0, 0.05) is 12.1 Å². The average molecular weight is 371 g/mol. The van der Waals surface area contributed by atoms with Crippen LogP contribution in [0.4, 0.5) is 5.69 Å². The molecular formula is C16H25N3O5S. The quantitative estimate of drug-likeness (QED) is 0.624. The molecule has 1 amide bonds. The highest BCUT2D eigenvalue weighted by Crippen LogP contribution is 2.37. The summed E-state index contributed by atoms with van der Waals surface area (Å²) in [5, 5.41) is 6.16. The Bertz CT molecular complexity index is 715. The third-order valence-electron chi connectivity index (χ3n) is 4.04. The molecule has 0 radical (unpaired) electrons. The zero-order valence-electron chi connectivity index (χ0n) is 14.7. The molecule has 0 spiro atoms. The van der Waals surface area contributed by atoms with Crippen LogP contribution in [0.3, 0.4) is 0 Å². The Kier molecular flexibility index (Phi) is 6.49. The van der Waals surface area contributed by atoms with Gasteiger partial charge in [-0.3, -0.25) is 9.52 Å². The number of rotatable bonds is 8. The number of carbonyl (C=O) groups excluding carboxylic acids is 1. The summed E-state index contributed by atoms with van der Waals surface area (Å²) in [6.07, 6.45) is 3.05. The number of amides is 1. The van der Waals surface area contributed by atoms with E-state index in [9.17, 15) is 13.2 Å². The minimum Gasteiger partial charge on any atom is -0.493 e. The van der Waals surface area contributed by atoms with Crippen LogP contribution in [0.5, 0.6) is 11.5 Å². The highest BCUT2D eigenvalue weighted by Gasteiger charge is 2.19. The van der Waals surface area contributed by atoms with Gasteiger partial charge in [-0.15, -0.1) is 0 Å². The summed E-state index contributed by atoms with van der Waals surface area (Å²) in [4.78, 5) is 12.4. The first-order chi connectivity index (χ1) is 11.8. The predicted molar refractivity (Wildman–Crippen MR) is 95.9 cm³/mol. The number of benzene rings is 1. The fourth-order valence-corrected chi connectivity index (χ4v) is 3.37. The van der Waals surface area contributed by atoms with Gasteiger partial charge in [0.15, 0.2) is 11.5 Å². The number of ether oxygens (including phenoxy) is 2. The first-order valence-corrected chi connectivity index (χ1v) is 9.96. The Morgan fingerprint density at radius 3 is 2.64 bits per heavy atom. The summed E-state index contributed by atoms with van der Waals surface area (Å²) in [6, 6.07) is 2.97. The van der Waals surface area contributed by atoms with Crippen LogP contribution >= 0.6 is 0 Å². The van der Waals surface area contributed by atoms with Crippen LogP contribution in [0.2, 0.25) is 0 Å². The normalized spacial score (nSPS) is 17.2. The topological polar surface area (TPSA) is 106 Å². The van der Waals surface area contributed by atoms with Crippen molar-refractivity contribution in [2.24, 2.45) is 5.92 Å². The lowest BCUT2D eigenvalue weighted by Gasteiger charge is -2.16. The molecule has 3 N–H and O–H groups in total. The minimum atomic E-state index is -3.53. The Morgan fingerprint density at radius 2 is 2.08 bits per heavy atom. The molecule has 9 heteroatoms. The SMILES string of the molecule is COc1cc(C(=O)NCCC2CCNC2)cc(NS(C)(=O)=O)c1OC. The zero-order chi connectivity index (χ0) is 18.4. The van der Waals surface area contributed by atoms with Crippen molar-refractivity contribution in [3.63, 3.8) is 0 Å². The molecule has 0 aliphatic carbocycles. The molecule has 0 aromatic heterocycles. The van der Waals surface area contributed by atoms with Crippen molar-refractivity contribution in [3.05, 3.63) is 17.7 Å². The second-order valence-corrected chi connectivity index (χ2v) is 7.79. The van der Waals surface area contributed by atoms with Crippen LogP contribution in [-0.4, -0.2) is 54.4 Å². The second kappa shape index (κ2) is 8.39. The Morgan fingerprint density at radius 1 is 1.32 bits per heavy atom. The summed E-state index contributed by atoms with van der Waals surface area (Å²) < 4.78 is 35.9. The van der Waals surface area contributed by atoms with Crippen LogP contribution in [-0.2, 0) is 10.0 Å². The maximum atomic E-state index is 12.4. The highest BCUT2D eigenvalue weighted by molar-refractivity contribution is 7.92. The molecule has 25 heavy (non-hydrogen) atoms. The van der Waals surface area contributed by atoms with Gasteiger partial charge in [-0.1, -0.05) is 0 Å². The van der Waals surface area contributed by atoms with Gasteiger partial charge < -0.3 is 20.1 Å². The van der Waals surface area contributed by atoms with Crippen molar-refractivity contribution >= 4 is 21.6 Å². The van der Waals surface area contributed by atoms with Crippen molar-refractivity contribution in [3.8, 4) is 11.5 Å². The predicted octanol–water partition coefficient (Wildman–Crippen LogP) is 0.805. The van der Waals surface area contributed by atoms with Crippen molar-refractivity contribution in [1.82, 2.24) is 10.6 Å². The van der Waals surface area contributed by atoms with E-state index in [1.807, 2.05) is 0 Å². The van der Waals surface area contributed by atoms with E-state index in [0.717, 1.165) is 32.2 Å². The van der Waals surface area contributed by atoms with Crippen LogP contribution in [0.1, 0.15) is 23.2 Å². The van der Waals surface area contributed by atoms with Crippen molar-refractivity contribution in [1.29, 1.82) is 0 Å². The van der Waals surface area contributed by atoms with E-state index in [-0.39, 0.29) is 23.1 Å². The summed E-state index contributed by atoms with van der Waals surface area (Å²) in [5.41, 5.74) is 0.461. The van der Waals surface area contributed by atoms with E-state index in [4.69, 9.17) is 9.47 Å². The lowest BCUT2D eigenvalue weighted by atomic mass is 10.1. The molecule has 8 nitrogen and oxygen atoms in total. The van der Waals surface area contributed by atoms with E-state index < -0.39 is 10.0 Å². The smallest absolute Gasteiger partial charge is 0.251 e. The average Bonchev–Trinajstić information content (AvgIpc) is 3.05. The Balaban J connectivity index is 2.15. The number of sulfonamides is 1. The summed E-state index contributed by atoms with van der Waals surface area (Å²) in [5.74, 6) is 0.791. The number of hydrogen-bond donors (Lipinski definition) is 3. The molecule has 1 aliphatic heterocycles. The largest absolute Gasteiger partial charge is 0.493 e. The molecular weight excluding hydrogens is 346 g/mol. The molecule has 1 fully saturated rings. The van der Waals surface area contributed by atoms with E-state index in [1.54, 1.807) is 0 Å². The molecule has 1 atom stereocenters. The van der Waals surface area contributed by atoms with Gasteiger partial charge in [-0.2, -0.15) is 0 Å². The van der Waals surface area contributed by atoms with Crippen LogP contribution in [0.25, 0.3) is 0 Å². The molecule has 0 bridgehead atoms. The fourth-order valence-electron chi connectivity index (χ4n) is 2.82. The standard InChI is InChI=1S/C16H25N3O5S/c1-23-14-9-12(8-13(15(14)24-2)19-25(3,21)22)16(20)18-7-5-11-4-6-17-10-11/h8-9,11,17,19H,4-7,10H2,1-3H3,(H,18,20). The first-order valence-electron chi connectivity index (χ1n) is 8.06. The first kappa shape index (κ1) is 19.3. The Labute approximate surface area is 148 Å². The van der Waals surface area contributed by atoms with E-state index in [2.05, 4.69) is 15.4 Å². The molecule has 1 saturated heterocycles. The fraction of sp³-hybridized carbons (Fsp3) is 0.562. The third-order valence-corrected chi connectivity index (χ3v) is 4.63. The molecule has 1 heterocycles. The number of carbonyl (C=O) groups is 1. The van der Waals surface area contributed by atoms with Crippen molar-refractivity contribution in [2.45, 2.75) is 12.8 Å². The minimum absolute atomic E-state index is 0.162. The van der Waals surface area contributed by atoms with Crippen LogP contribution in [0.15, 0.2) is 12.1 Å². The van der Waals surface area contributed by atoms with Gasteiger partial charge in [0.25, 0.3) is 5.91 Å². The maximum absolute atomic E-state index is 12.4. The number of nitrogens with one attached hydrogen (secondary N) is 3. The molecule has 1 aromatic rings. The molecule has 2 rings (SSSR count). The van der Waals surface area contributed by atoms with Crippen LogP contribution < -0.4 is 24.8 Å². The van der Waals surface area contributed by atoms with Crippen molar-refractivity contribution < 1.29 is 22.7 Å². The zero-order valence-corrected chi connectivity index (χ0v) is 15.5. The van der Waals surface area contributed by atoms with Crippen molar-refractivity contribution in [2.75, 3.05) is 44.8 Å². The number of hydrogen-bond acceptors (Lipinski definition) is 6.